The maximum atomic E-state index is 12.1. The standard InChI is InChI=1S/C20H26N2O3/c1-15(23)22(18-9-7-17(8-10-18)21(2)3)13-12-16-6-11-19(24-4)20(14-16)25-5/h6-11,14H,12-13H2,1-5H3. The van der Waals surface area contributed by atoms with Gasteiger partial charge < -0.3 is 19.3 Å². The Morgan fingerprint density at radius 2 is 1.52 bits per heavy atom. The van der Waals surface area contributed by atoms with E-state index in [1.165, 1.54) is 0 Å². The van der Waals surface area contributed by atoms with Crippen LogP contribution in [-0.2, 0) is 11.2 Å². The van der Waals surface area contributed by atoms with E-state index in [0.717, 1.165) is 23.4 Å². The molecule has 0 saturated heterocycles. The Bertz CT molecular complexity index is 711. The first-order valence-corrected chi connectivity index (χ1v) is 8.22. The van der Waals surface area contributed by atoms with Gasteiger partial charge in [0, 0.05) is 38.9 Å². The summed E-state index contributed by atoms with van der Waals surface area (Å²) in [5.74, 6) is 1.43. The summed E-state index contributed by atoms with van der Waals surface area (Å²) in [6.07, 6.45) is 0.732. The van der Waals surface area contributed by atoms with Crippen LogP contribution < -0.4 is 19.3 Å². The van der Waals surface area contributed by atoms with Gasteiger partial charge in [0.05, 0.1) is 14.2 Å². The Labute approximate surface area is 149 Å². The molecule has 0 N–H and O–H groups in total. The van der Waals surface area contributed by atoms with E-state index in [2.05, 4.69) is 0 Å². The largest absolute Gasteiger partial charge is 0.493 e. The van der Waals surface area contributed by atoms with Gasteiger partial charge in [0.1, 0.15) is 0 Å². The highest BCUT2D eigenvalue weighted by molar-refractivity contribution is 5.91. The molecule has 0 saturated carbocycles. The van der Waals surface area contributed by atoms with Crippen LogP contribution in [0.3, 0.4) is 0 Å². The minimum absolute atomic E-state index is 0.0260. The van der Waals surface area contributed by atoms with Crippen LogP contribution in [0.1, 0.15) is 12.5 Å². The van der Waals surface area contributed by atoms with E-state index in [4.69, 9.17) is 9.47 Å². The SMILES string of the molecule is COc1ccc(CCN(C(C)=O)c2ccc(N(C)C)cc2)cc1OC. The Kier molecular flexibility index (Phi) is 6.28. The first-order valence-electron chi connectivity index (χ1n) is 8.22. The normalized spacial score (nSPS) is 10.3. The number of ether oxygens (including phenoxy) is 2. The lowest BCUT2D eigenvalue weighted by Crippen LogP contribution is -2.30. The van der Waals surface area contributed by atoms with E-state index < -0.39 is 0 Å². The van der Waals surface area contributed by atoms with Gasteiger partial charge in [-0.25, -0.2) is 0 Å². The molecule has 0 fully saturated rings. The number of hydrogen-bond acceptors (Lipinski definition) is 4. The maximum absolute atomic E-state index is 12.1. The predicted molar refractivity (Wildman–Crippen MR) is 102 cm³/mol. The van der Waals surface area contributed by atoms with Crippen LogP contribution in [0, 0.1) is 0 Å². The molecule has 2 aromatic rings. The molecule has 0 aliphatic heterocycles. The van der Waals surface area contributed by atoms with Crippen molar-refractivity contribution in [1.82, 2.24) is 0 Å². The second-order valence-electron chi connectivity index (χ2n) is 6.02. The summed E-state index contributed by atoms with van der Waals surface area (Å²) >= 11 is 0. The van der Waals surface area contributed by atoms with Crippen molar-refractivity contribution in [2.24, 2.45) is 0 Å². The summed E-state index contributed by atoms with van der Waals surface area (Å²) in [6, 6.07) is 13.8. The van der Waals surface area contributed by atoms with Crippen molar-refractivity contribution in [2.75, 3.05) is 44.7 Å². The van der Waals surface area contributed by atoms with Crippen molar-refractivity contribution in [3.63, 3.8) is 0 Å². The molecule has 5 heteroatoms. The summed E-state index contributed by atoms with van der Waals surface area (Å²) in [4.78, 5) is 15.9. The van der Waals surface area contributed by atoms with Gasteiger partial charge >= 0.3 is 0 Å². The molecule has 0 unspecified atom stereocenters. The zero-order chi connectivity index (χ0) is 18.4. The minimum Gasteiger partial charge on any atom is -0.493 e. The van der Waals surface area contributed by atoms with Gasteiger partial charge in [0.15, 0.2) is 11.5 Å². The Morgan fingerprint density at radius 1 is 0.920 bits per heavy atom. The van der Waals surface area contributed by atoms with Crippen LogP contribution in [0.5, 0.6) is 11.5 Å². The molecule has 0 bridgehead atoms. The fourth-order valence-corrected chi connectivity index (χ4v) is 2.68. The molecule has 2 aromatic carbocycles. The molecule has 2 rings (SSSR count). The number of nitrogens with zero attached hydrogens (tertiary/aromatic N) is 2. The van der Waals surface area contributed by atoms with Crippen LogP contribution >= 0.6 is 0 Å². The molecule has 0 radical (unpaired) electrons. The van der Waals surface area contributed by atoms with E-state index >= 15 is 0 Å². The highest BCUT2D eigenvalue weighted by Gasteiger charge is 2.13. The lowest BCUT2D eigenvalue weighted by molar-refractivity contribution is -0.116. The van der Waals surface area contributed by atoms with E-state index in [0.29, 0.717) is 18.0 Å². The molecule has 5 nitrogen and oxygen atoms in total. The van der Waals surface area contributed by atoms with Crippen molar-refractivity contribution in [3.8, 4) is 11.5 Å². The molecule has 134 valence electrons. The topological polar surface area (TPSA) is 42.0 Å². The summed E-state index contributed by atoms with van der Waals surface area (Å²) in [5.41, 5.74) is 3.10. The second kappa shape index (κ2) is 8.42. The van der Waals surface area contributed by atoms with Crippen molar-refractivity contribution >= 4 is 17.3 Å². The molecule has 0 atom stereocenters. The summed E-state index contributed by atoms with van der Waals surface area (Å²) in [7, 11) is 7.23. The van der Waals surface area contributed by atoms with Gasteiger partial charge in [-0.2, -0.15) is 0 Å². The lowest BCUT2D eigenvalue weighted by atomic mass is 10.1. The van der Waals surface area contributed by atoms with Crippen LogP contribution in [0.15, 0.2) is 42.5 Å². The molecule has 0 heterocycles. The van der Waals surface area contributed by atoms with Gasteiger partial charge in [-0.3, -0.25) is 4.79 Å². The van der Waals surface area contributed by atoms with Gasteiger partial charge in [0.2, 0.25) is 5.91 Å². The highest BCUT2D eigenvalue weighted by atomic mass is 16.5. The van der Waals surface area contributed by atoms with Crippen molar-refractivity contribution in [3.05, 3.63) is 48.0 Å². The Morgan fingerprint density at radius 3 is 2.04 bits per heavy atom. The third-order valence-corrected chi connectivity index (χ3v) is 4.13. The van der Waals surface area contributed by atoms with E-state index in [-0.39, 0.29) is 5.91 Å². The van der Waals surface area contributed by atoms with Crippen molar-refractivity contribution in [2.45, 2.75) is 13.3 Å². The van der Waals surface area contributed by atoms with Crippen LogP contribution in [0.2, 0.25) is 0 Å². The van der Waals surface area contributed by atoms with E-state index in [9.17, 15) is 4.79 Å². The predicted octanol–water partition coefficient (Wildman–Crippen LogP) is 3.37. The second-order valence-corrected chi connectivity index (χ2v) is 6.02. The number of hydrogen-bond donors (Lipinski definition) is 0. The molecule has 1 amide bonds. The molecule has 0 aliphatic carbocycles. The number of methoxy groups -OCH3 is 2. The maximum Gasteiger partial charge on any atom is 0.223 e. The molecule has 0 aromatic heterocycles. The molecular formula is C20H26N2O3. The third-order valence-electron chi connectivity index (χ3n) is 4.13. The number of amides is 1. The molecule has 0 spiro atoms. The van der Waals surface area contributed by atoms with Crippen LogP contribution in [-0.4, -0.2) is 40.8 Å². The number of carbonyl (C=O) groups is 1. The smallest absolute Gasteiger partial charge is 0.223 e. The van der Waals surface area contributed by atoms with Gasteiger partial charge in [0.25, 0.3) is 0 Å². The number of benzene rings is 2. The summed E-state index contributed by atoms with van der Waals surface area (Å²) < 4.78 is 10.6. The third kappa shape index (κ3) is 4.66. The minimum atomic E-state index is 0.0260. The van der Waals surface area contributed by atoms with Gasteiger partial charge in [-0.15, -0.1) is 0 Å². The fraction of sp³-hybridized carbons (Fsp3) is 0.350. The molecule has 0 aliphatic rings. The zero-order valence-electron chi connectivity index (χ0n) is 15.6. The lowest BCUT2D eigenvalue weighted by Gasteiger charge is -2.22. The fourth-order valence-electron chi connectivity index (χ4n) is 2.68. The molecular weight excluding hydrogens is 316 g/mol. The first kappa shape index (κ1) is 18.6. The quantitative estimate of drug-likeness (QED) is 0.774. The average Bonchev–Trinajstić information content (AvgIpc) is 2.61. The Balaban J connectivity index is 2.13. The van der Waals surface area contributed by atoms with E-state index in [1.807, 2.05) is 61.5 Å². The summed E-state index contributed by atoms with van der Waals surface area (Å²) in [6.45, 7) is 2.20. The molecule has 25 heavy (non-hydrogen) atoms. The van der Waals surface area contributed by atoms with Gasteiger partial charge in [-0.05, 0) is 48.4 Å². The summed E-state index contributed by atoms with van der Waals surface area (Å²) in [5, 5.41) is 0. The number of anilines is 2. The zero-order valence-corrected chi connectivity index (χ0v) is 15.6. The number of rotatable bonds is 7. The number of carbonyl (C=O) groups excluding carboxylic acids is 1. The van der Waals surface area contributed by atoms with Crippen molar-refractivity contribution in [1.29, 1.82) is 0 Å². The monoisotopic (exact) mass is 342 g/mol. The highest BCUT2D eigenvalue weighted by Crippen LogP contribution is 2.28. The van der Waals surface area contributed by atoms with Crippen LogP contribution in [0.4, 0.5) is 11.4 Å². The van der Waals surface area contributed by atoms with Crippen LogP contribution in [0.25, 0.3) is 0 Å². The average molecular weight is 342 g/mol. The Hall–Kier alpha value is -2.69. The first-order chi connectivity index (χ1) is 12.0. The van der Waals surface area contributed by atoms with E-state index in [1.54, 1.807) is 26.0 Å². The van der Waals surface area contributed by atoms with Gasteiger partial charge in [-0.1, -0.05) is 6.07 Å². The van der Waals surface area contributed by atoms with Crippen molar-refractivity contribution < 1.29 is 14.3 Å².